The Balaban J connectivity index is 3.06. The third-order valence-corrected chi connectivity index (χ3v) is 1.12. The van der Waals surface area contributed by atoms with Gasteiger partial charge in [-0.2, -0.15) is 0 Å². The third-order valence-electron chi connectivity index (χ3n) is 1.12. The minimum absolute atomic E-state index is 0.866. The standard InChI is InChI=1S/C6H4NO/c1-2-8-6-4-7-3-5(1)6/h1,3-4,7H. The molecule has 2 heteroatoms. The molecule has 0 saturated carbocycles. The summed E-state index contributed by atoms with van der Waals surface area (Å²) in [6, 6.07) is 1.80. The third kappa shape index (κ3) is 0.320. The molecule has 0 aromatic carbocycles. The number of furan rings is 1. The van der Waals surface area contributed by atoms with Crippen LogP contribution in [0.2, 0.25) is 0 Å². The van der Waals surface area contributed by atoms with Gasteiger partial charge in [0.15, 0.2) is 11.8 Å². The van der Waals surface area contributed by atoms with Gasteiger partial charge in [-0.1, -0.05) is 0 Å². The zero-order chi connectivity index (χ0) is 5.40. The topological polar surface area (TPSA) is 28.9 Å². The summed E-state index contributed by atoms with van der Waals surface area (Å²) < 4.78 is 4.90. The second kappa shape index (κ2) is 1.15. The van der Waals surface area contributed by atoms with Crippen LogP contribution < -0.4 is 0 Å². The van der Waals surface area contributed by atoms with E-state index in [0.717, 1.165) is 11.0 Å². The summed E-state index contributed by atoms with van der Waals surface area (Å²) in [6.45, 7) is 0. The van der Waals surface area contributed by atoms with E-state index >= 15 is 0 Å². The van der Waals surface area contributed by atoms with Gasteiger partial charge in [0.05, 0.1) is 0 Å². The van der Waals surface area contributed by atoms with Crippen LogP contribution in [0.3, 0.4) is 0 Å². The molecule has 2 aromatic heterocycles. The molecule has 0 fully saturated rings. The number of rotatable bonds is 0. The number of nitrogens with one attached hydrogen (secondary N) is 1. The van der Waals surface area contributed by atoms with E-state index in [2.05, 4.69) is 11.2 Å². The summed E-state index contributed by atoms with van der Waals surface area (Å²) in [5.41, 5.74) is 0.866. The van der Waals surface area contributed by atoms with E-state index in [1.165, 1.54) is 0 Å². The van der Waals surface area contributed by atoms with Crippen molar-refractivity contribution in [2.24, 2.45) is 0 Å². The van der Waals surface area contributed by atoms with Gasteiger partial charge in [-0.3, -0.25) is 0 Å². The molecule has 0 spiro atoms. The molecule has 0 amide bonds. The fourth-order valence-corrected chi connectivity index (χ4v) is 0.719. The maximum absolute atomic E-state index is 4.90. The lowest BCUT2D eigenvalue weighted by atomic mass is 10.4. The zero-order valence-corrected chi connectivity index (χ0v) is 4.14. The summed E-state index contributed by atoms with van der Waals surface area (Å²) in [5.74, 6) is 0. The quantitative estimate of drug-likeness (QED) is 0.542. The molecule has 0 unspecified atom stereocenters. The number of hydrogen-bond acceptors (Lipinski definition) is 1. The largest absolute Gasteiger partial charge is 0.451 e. The first-order chi connectivity index (χ1) is 3.97. The first kappa shape index (κ1) is 3.78. The molecule has 2 nitrogen and oxygen atoms in total. The van der Waals surface area contributed by atoms with Gasteiger partial charge in [-0.05, 0) is 6.07 Å². The Labute approximate surface area is 46.1 Å². The maximum atomic E-state index is 4.90. The number of fused-ring (bicyclic) bond motifs is 1. The lowest BCUT2D eigenvalue weighted by Crippen LogP contribution is -1.44. The predicted octanol–water partition coefficient (Wildman–Crippen LogP) is 1.56. The van der Waals surface area contributed by atoms with Gasteiger partial charge in [0.1, 0.15) is 0 Å². The number of H-pyrrole nitrogens is 1. The fourth-order valence-electron chi connectivity index (χ4n) is 0.719. The van der Waals surface area contributed by atoms with Crippen LogP contribution in [0.15, 0.2) is 22.9 Å². The van der Waals surface area contributed by atoms with Crippen LogP contribution in [0.25, 0.3) is 11.0 Å². The SMILES string of the molecule is [c]1cc2c[nH]cc2o1. The van der Waals surface area contributed by atoms with Crippen LogP contribution in [0.5, 0.6) is 0 Å². The molecule has 39 valence electrons. The number of aromatic amines is 1. The van der Waals surface area contributed by atoms with Crippen LogP contribution in [0.1, 0.15) is 0 Å². The Morgan fingerprint density at radius 2 is 2.50 bits per heavy atom. The van der Waals surface area contributed by atoms with Crippen molar-refractivity contribution in [3.05, 3.63) is 24.7 Å². The van der Waals surface area contributed by atoms with Crippen LogP contribution in [-0.2, 0) is 0 Å². The lowest BCUT2D eigenvalue weighted by molar-refractivity contribution is 0.605. The maximum Gasteiger partial charge on any atom is 0.170 e. The molecule has 1 N–H and O–H groups in total. The van der Waals surface area contributed by atoms with Crippen molar-refractivity contribution in [2.45, 2.75) is 0 Å². The van der Waals surface area contributed by atoms with Crippen LogP contribution in [-0.4, -0.2) is 4.98 Å². The molecule has 0 saturated heterocycles. The predicted molar refractivity (Wildman–Crippen MR) is 29.4 cm³/mol. The van der Waals surface area contributed by atoms with Crippen molar-refractivity contribution in [1.82, 2.24) is 4.98 Å². The summed E-state index contributed by atoms with van der Waals surface area (Å²) in [7, 11) is 0. The van der Waals surface area contributed by atoms with Gasteiger partial charge in [0.2, 0.25) is 0 Å². The Morgan fingerprint density at radius 3 is 3.38 bits per heavy atom. The minimum atomic E-state index is 0.866. The molecule has 1 radical (unpaired) electrons. The Morgan fingerprint density at radius 1 is 1.50 bits per heavy atom. The second-order valence-electron chi connectivity index (χ2n) is 1.64. The normalized spacial score (nSPS) is 10.5. The van der Waals surface area contributed by atoms with Gasteiger partial charge >= 0.3 is 0 Å². The minimum Gasteiger partial charge on any atom is -0.451 e. The van der Waals surface area contributed by atoms with E-state index < -0.39 is 0 Å². The average molecular weight is 106 g/mol. The van der Waals surface area contributed by atoms with Crippen LogP contribution in [0, 0.1) is 6.26 Å². The van der Waals surface area contributed by atoms with E-state index in [4.69, 9.17) is 4.42 Å². The Bertz CT molecular complexity index is 230. The van der Waals surface area contributed by atoms with Gasteiger partial charge < -0.3 is 9.40 Å². The monoisotopic (exact) mass is 106 g/mol. The van der Waals surface area contributed by atoms with Gasteiger partial charge in [0.25, 0.3) is 0 Å². The highest BCUT2D eigenvalue weighted by atomic mass is 16.3. The Kier molecular flexibility index (Phi) is 0.545. The van der Waals surface area contributed by atoms with Crippen molar-refractivity contribution in [1.29, 1.82) is 0 Å². The van der Waals surface area contributed by atoms with Crippen molar-refractivity contribution >= 4 is 11.0 Å². The van der Waals surface area contributed by atoms with E-state index in [0.29, 0.717) is 0 Å². The summed E-state index contributed by atoms with van der Waals surface area (Å²) in [4.78, 5) is 2.90. The van der Waals surface area contributed by atoms with Crippen molar-refractivity contribution < 1.29 is 4.42 Å². The van der Waals surface area contributed by atoms with E-state index in [-0.39, 0.29) is 0 Å². The smallest absolute Gasteiger partial charge is 0.170 e. The van der Waals surface area contributed by atoms with E-state index in [1.54, 1.807) is 12.3 Å². The van der Waals surface area contributed by atoms with Gasteiger partial charge in [-0.25, -0.2) is 0 Å². The molecule has 2 aromatic rings. The van der Waals surface area contributed by atoms with Gasteiger partial charge in [0, 0.05) is 17.8 Å². The van der Waals surface area contributed by atoms with Crippen LogP contribution >= 0.6 is 0 Å². The molecule has 8 heavy (non-hydrogen) atoms. The summed E-state index contributed by atoms with van der Waals surface area (Å²) in [5, 5.41) is 1.07. The molecule has 0 bridgehead atoms. The van der Waals surface area contributed by atoms with Crippen molar-refractivity contribution in [3.8, 4) is 0 Å². The molecule has 0 aliphatic rings. The van der Waals surface area contributed by atoms with Gasteiger partial charge in [-0.15, -0.1) is 0 Å². The highest BCUT2D eigenvalue weighted by molar-refractivity contribution is 5.75. The molecular formula is C6H4NO. The van der Waals surface area contributed by atoms with E-state index in [9.17, 15) is 0 Å². The summed E-state index contributed by atoms with van der Waals surface area (Å²) >= 11 is 0. The Hall–Kier alpha value is -1.18. The highest BCUT2D eigenvalue weighted by Gasteiger charge is 1.92. The van der Waals surface area contributed by atoms with Crippen molar-refractivity contribution in [3.63, 3.8) is 0 Å². The first-order valence-electron chi connectivity index (χ1n) is 2.39. The summed E-state index contributed by atoms with van der Waals surface area (Å²) in [6.07, 6.45) is 6.29. The van der Waals surface area contributed by atoms with Crippen LogP contribution in [0.4, 0.5) is 0 Å². The first-order valence-corrected chi connectivity index (χ1v) is 2.39. The zero-order valence-electron chi connectivity index (χ0n) is 4.14. The molecule has 0 aliphatic carbocycles. The molecule has 2 rings (SSSR count). The highest BCUT2D eigenvalue weighted by Crippen LogP contribution is 2.11. The molecular weight excluding hydrogens is 102 g/mol. The molecule has 0 atom stereocenters. The lowest BCUT2D eigenvalue weighted by Gasteiger charge is -1.64. The fraction of sp³-hybridized carbons (Fsp3) is 0. The average Bonchev–Trinajstić information content (AvgIpc) is 2.15. The molecule has 0 aliphatic heterocycles. The number of hydrogen-bond donors (Lipinski definition) is 1. The van der Waals surface area contributed by atoms with E-state index in [1.807, 2.05) is 6.20 Å². The second-order valence-corrected chi connectivity index (χ2v) is 1.64. The number of aromatic nitrogens is 1. The van der Waals surface area contributed by atoms with Crippen molar-refractivity contribution in [2.75, 3.05) is 0 Å². The molecule has 2 heterocycles.